The first-order valence-electron chi connectivity index (χ1n) is 4.63. The molecule has 0 spiro atoms. The Hall–Kier alpha value is -0.350. The van der Waals surface area contributed by atoms with Crippen LogP contribution in [0, 0.1) is 0 Å². The summed E-state index contributed by atoms with van der Waals surface area (Å²) in [5.41, 5.74) is 1.27. The van der Waals surface area contributed by atoms with Gasteiger partial charge < -0.3 is 4.74 Å². The number of hydrogen-bond donors (Lipinski definition) is 0. The molecule has 3 nitrogen and oxygen atoms in total. The number of epoxide rings is 1. The van der Waals surface area contributed by atoms with E-state index in [1.54, 1.807) is 0 Å². The smallest absolute Gasteiger partial charge is 0.0865 e. The first-order valence-corrected chi connectivity index (χ1v) is 5.42. The minimum atomic E-state index is 0.434. The highest BCUT2D eigenvalue weighted by molar-refractivity contribution is 9.10. The summed E-state index contributed by atoms with van der Waals surface area (Å²) in [5.74, 6) is 0. The van der Waals surface area contributed by atoms with Gasteiger partial charge in [0.15, 0.2) is 0 Å². The average Bonchev–Trinajstić information content (AvgIpc) is 2.86. The van der Waals surface area contributed by atoms with Gasteiger partial charge in [-0.3, -0.25) is 4.68 Å². The van der Waals surface area contributed by atoms with Crippen LogP contribution >= 0.6 is 15.9 Å². The number of nitrogens with zero attached hydrogens (tertiary/aromatic N) is 2. The monoisotopic (exact) mass is 244 g/mol. The fourth-order valence-electron chi connectivity index (χ4n) is 1.40. The minimum absolute atomic E-state index is 0.434. The summed E-state index contributed by atoms with van der Waals surface area (Å²) in [6.45, 7) is 4.06. The van der Waals surface area contributed by atoms with E-state index in [0.29, 0.717) is 6.10 Å². The highest BCUT2D eigenvalue weighted by atomic mass is 79.9. The molecule has 0 aromatic carbocycles. The summed E-state index contributed by atoms with van der Waals surface area (Å²) in [6, 6.07) is 0. The van der Waals surface area contributed by atoms with Gasteiger partial charge in [-0.15, -0.1) is 0 Å². The van der Waals surface area contributed by atoms with Crippen LogP contribution in [0.25, 0.3) is 0 Å². The predicted molar refractivity (Wildman–Crippen MR) is 53.7 cm³/mol. The molecule has 1 aliphatic rings. The van der Waals surface area contributed by atoms with Gasteiger partial charge >= 0.3 is 0 Å². The predicted octanol–water partition coefficient (Wildman–Crippen LogP) is 2.00. The first kappa shape index (κ1) is 9.21. The quantitative estimate of drug-likeness (QED) is 0.759. The van der Waals surface area contributed by atoms with Crippen molar-refractivity contribution in [2.24, 2.45) is 0 Å². The highest BCUT2D eigenvalue weighted by Crippen LogP contribution is 2.22. The van der Waals surface area contributed by atoms with Crippen molar-refractivity contribution >= 4 is 15.9 Å². The number of aryl methyl sites for hydroxylation is 1. The van der Waals surface area contributed by atoms with Gasteiger partial charge in [0.2, 0.25) is 0 Å². The number of rotatable bonds is 4. The third-order valence-electron chi connectivity index (χ3n) is 2.16. The van der Waals surface area contributed by atoms with Gasteiger partial charge in [0.1, 0.15) is 0 Å². The van der Waals surface area contributed by atoms with E-state index in [4.69, 9.17) is 4.74 Å². The molecule has 1 atom stereocenters. The average molecular weight is 245 g/mol. The third-order valence-corrected chi connectivity index (χ3v) is 2.82. The summed E-state index contributed by atoms with van der Waals surface area (Å²) in [4.78, 5) is 0. The van der Waals surface area contributed by atoms with Crippen LogP contribution in [0.1, 0.15) is 19.0 Å². The van der Waals surface area contributed by atoms with Crippen molar-refractivity contribution in [1.82, 2.24) is 9.78 Å². The molecule has 0 saturated carbocycles. The number of hydrogen-bond acceptors (Lipinski definition) is 2. The molecule has 1 unspecified atom stereocenters. The second-order valence-corrected chi connectivity index (χ2v) is 4.18. The van der Waals surface area contributed by atoms with E-state index in [1.807, 2.05) is 6.20 Å². The van der Waals surface area contributed by atoms with Gasteiger partial charge in [-0.05, 0) is 22.4 Å². The lowest BCUT2D eigenvalue weighted by atomic mass is 10.2. The second kappa shape index (κ2) is 3.80. The first-order chi connectivity index (χ1) is 6.31. The summed E-state index contributed by atoms with van der Waals surface area (Å²) < 4.78 is 8.38. The fraction of sp³-hybridized carbons (Fsp3) is 0.667. The highest BCUT2D eigenvalue weighted by Gasteiger charge is 2.25. The van der Waals surface area contributed by atoms with Crippen LogP contribution in [-0.2, 0) is 17.7 Å². The normalized spacial score (nSPS) is 20.6. The molecule has 0 radical (unpaired) electrons. The Morgan fingerprint density at radius 1 is 1.77 bits per heavy atom. The standard InChI is InChI=1S/C9H13BrN2O/c1-2-3-12-9(4-7-6-13-7)8(10)5-11-12/h5,7H,2-4,6H2,1H3. The van der Waals surface area contributed by atoms with Crippen LogP contribution in [0.2, 0.25) is 0 Å². The van der Waals surface area contributed by atoms with E-state index in [0.717, 1.165) is 30.5 Å². The molecule has 0 amide bonds. The summed E-state index contributed by atoms with van der Waals surface area (Å²) in [5, 5.41) is 4.30. The van der Waals surface area contributed by atoms with E-state index >= 15 is 0 Å². The van der Waals surface area contributed by atoms with Crippen LogP contribution in [0.5, 0.6) is 0 Å². The largest absolute Gasteiger partial charge is 0.373 e. The Labute approximate surface area is 86.2 Å². The number of ether oxygens (including phenoxy) is 1. The molecule has 0 bridgehead atoms. The van der Waals surface area contributed by atoms with Crippen molar-refractivity contribution in [2.45, 2.75) is 32.4 Å². The molecular formula is C9H13BrN2O. The number of halogens is 1. The van der Waals surface area contributed by atoms with E-state index in [9.17, 15) is 0 Å². The zero-order chi connectivity index (χ0) is 9.26. The van der Waals surface area contributed by atoms with Crippen molar-refractivity contribution in [1.29, 1.82) is 0 Å². The molecule has 1 fully saturated rings. The third kappa shape index (κ3) is 2.11. The van der Waals surface area contributed by atoms with Gasteiger partial charge in [0, 0.05) is 13.0 Å². The molecule has 1 saturated heterocycles. The zero-order valence-electron chi connectivity index (χ0n) is 7.66. The molecule has 1 aliphatic heterocycles. The van der Waals surface area contributed by atoms with E-state index in [2.05, 4.69) is 32.6 Å². The minimum Gasteiger partial charge on any atom is -0.373 e. The van der Waals surface area contributed by atoms with Crippen molar-refractivity contribution in [3.63, 3.8) is 0 Å². The SMILES string of the molecule is CCCn1ncc(Br)c1CC1CO1. The van der Waals surface area contributed by atoms with Gasteiger partial charge in [-0.1, -0.05) is 6.92 Å². The van der Waals surface area contributed by atoms with Crippen molar-refractivity contribution in [2.75, 3.05) is 6.61 Å². The van der Waals surface area contributed by atoms with Gasteiger partial charge in [0.05, 0.1) is 29.1 Å². The lowest BCUT2D eigenvalue weighted by Gasteiger charge is -2.04. The van der Waals surface area contributed by atoms with Crippen LogP contribution in [-0.4, -0.2) is 22.5 Å². The molecule has 1 aromatic rings. The van der Waals surface area contributed by atoms with Gasteiger partial charge in [-0.25, -0.2) is 0 Å². The topological polar surface area (TPSA) is 30.4 Å². The maximum atomic E-state index is 5.21. The molecule has 4 heteroatoms. The lowest BCUT2D eigenvalue weighted by molar-refractivity contribution is 0.400. The zero-order valence-corrected chi connectivity index (χ0v) is 9.25. The Morgan fingerprint density at radius 2 is 2.54 bits per heavy atom. The maximum Gasteiger partial charge on any atom is 0.0865 e. The molecule has 13 heavy (non-hydrogen) atoms. The summed E-state index contributed by atoms with van der Waals surface area (Å²) in [6.07, 6.45) is 4.41. The maximum absolute atomic E-state index is 5.21. The molecular weight excluding hydrogens is 232 g/mol. The molecule has 72 valence electrons. The molecule has 0 N–H and O–H groups in total. The van der Waals surface area contributed by atoms with E-state index < -0.39 is 0 Å². The Morgan fingerprint density at radius 3 is 3.15 bits per heavy atom. The molecule has 2 rings (SSSR count). The Kier molecular flexibility index (Phi) is 2.69. The Bertz CT molecular complexity index is 294. The second-order valence-electron chi connectivity index (χ2n) is 3.32. The molecule has 2 heterocycles. The van der Waals surface area contributed by atoms with Crippen LogP contribution in [0.15, 0.2) is 10.7 Å². The summed E-state index contributed by atoms with van der Waals surface area (Å²) in [7, 11) is 0. The van der Waals surface area contributed by atoms with E-state index in [1.165, 1.54) is 5.69 Å². The Balaban J connectivity index is 2.12. The molecule has 1 aromatic heterocycles. The van der Waals surface area contributed by atoms with Crippen LogP contribution in [0.4, 0.5) is 0 Å². The van der Waals surface area contributed by atoms with Crippen LogP contribution < -0.4 is 0 Å². The van der Waals surface area contributed by atoms with Gasteiger partial charge in [0.25, 0.3) is 0 Å². The molecule has 0 aliphatic carbocycles. The lowest BCUT2D eigenvalue weighted by Crippen LogP contribution is -2.07. The van der Waals surface area contributed by atoms with Crippen molar-refractivity contribution in [3.05, 3.63) is 16.4 Å². The van der Waals surface area contributed by atoms with Crippen molar-refractivity contribution in [3.8, 4) is 0 Å². The summed E-state index contributed by atoms with van der Waals surface area (Å²) >= 11 is 3.50. The van der Waals surface area contributed by atoms with Crippen LogP contribution in [0.3, 0.4) is 0 Å². The number of aromatic nitrogens is 2. The van der Waals surface area contributed by atoms with Crippen molar-refractivity contribution < 1.29 is 4.74 Å². The van der Waals surface area contributed by atoms with Gasteiger partial charge in [-0.2, -0.15) is 5.10 Å². The van der Waals surface area contributed by atoms with E-state index in [-0.39, 0.29) is 0 Å². The fourth-order valence-corrected chi connectivity index (χ4v) is 1.85.